The fourth-order valence-corrected chi connectivity index (χ4v) is 4.37. The summed E-state index contributed by atoms with van der Waals surface area (Å²) in [5.41, 5.74) is -0.988. The Balaban J connectivity index is 1.66. The number of benzene rings is 1. The Morgan fingerprint density at radius 2 is 1.91 bits per heavy atom. The minimum Gasteiger partial charge on any atom is -0.459 e. The first-order valence-corrected chi connectivity index (χ1v) is 11.2. The molecule has 0 aromatic heterocycles. The van der Waals surface area contributed by atoms with Gasteiger partial charge in [-0.1, -0.05) is 24.3 Å². The Kier molecular flexibility index (Phi) is 8.93. The van der Waals surface area contributed by atoms with Crippen LogP contribution >= 0.6 is 0 Å². The summed E-state index contributed by atoms with van der Waals surface area (Å²) in [7, 11) is 0. The molecule has 1 saturated carbocycles. The number of esters is 1. The van der Waals surface area contributed by atoms with Crippen molar-refractivity contribution in [1.82, 2.24) is 0 Å². The van der Waals surface area contributed by atoms with Crippen molar-refractivity contribution in [3.63, 3.8) is 0 Å². The third-order valence-corrected chi connectivity index (χ3v) is 6.22. The standard InChI is InChI=1S/C25H31F3O4/c1-3-5-14-30-18-8-10-19(11-9-18)32-25(29)21-13-12-20(22(23(21)26)24(27)28)16-6-7-17(4-2)31-15-16/h3-5,12-13,16-19,24H,2,6-11,14-15H2,1H3/b5-3+. The molecule has 1 aliphatic heterocycles. The number of hydrogen-bond donors (Lipinski definition) is 0. The van der Waals surface area contributed by atoms with Crippen LogP contribution in [0.2, 0.25) is 0 Å². The van der Waals surface area contributed by atoms with Gasteiger partial charge in [-0.25, -0.2) is 18.0 Å². The molecule has 2 unspecified atom stereocenters. The van der Waals surface area contributed by atoms with E-state index in [2.05, 4.69) is 6.58 Å². The third-order valence-electron chi connectivity index (χ3n) is 6.22. The fraction of sp³-hybridized carbons (Fsp3) is 0.560. The van der Waals surface area contributed by atoms with E-state index in [9.17, 15) is 13.6 Å². The van der Waals surface area contributed by atoms with Crippen LogP contribution in [0.1, 0.15) is 79.3 Å². The van der Waals surface area contributed by atoms with Crippen LogP contribution < -0.4 is 0 Å². The molecule has 7 heteroatoms. The lowest BCUT2D eigenvalue weighted by molar-refractivity contribution is -0.0130. The van der Waals surface area contributed by atoms with Gasteiger partial charge in [0.2, 0.25) is 0 Å². The number of halogens is 3. The van der Waals surface area contributed by atoms with Crippen molar-refractivity contribution < 1.29 is 32.2 Å². The number of alkyl halides is 2. The summed E-state index contributed by atoms with van der Waals surface area (Å²) in [5.74, 6) is -2.45. The van der Waals surface area contributed by atoms with Gasteiger partial charge >= 0.3 is 5.97 Å². The summed E-state index contributed by atoms with van der Waals surface area (Å²) in [5, 5.41) is 0. The van der Waals surface area contributed by atoms with Crippen LogP contribution in [0.25, 0.3) is 0 Å². The van der Waals surface area contributed by atoms with E-state index >= 15 is 4.39 Å². The molecule has 0 spiro atoms. The fourth-order valence-electron chi connectivity index (χ4n) is 4.37. The van der Waals surface area contributed by atoms with E-state index < -0.39 is 29.3 Å². The average molecular weight is 453 g/mol. The maximum atomic E-state index is 15.1. The lowest BCUT2D eigenvalue weighted by atomic mass is 9.87. The van der Waals surface area contributed by atoms with Gasteiger partial charge in [0.15, 0.2) is 0 Å². The number of hydrogen-bond acceptors (Lipinski definition) is 4. The van der Waals surface area contributed by atoms with Gasteiger partial charge in [-0.05, 0) is 57.1 Å². The zero-order valence-corrected chi connectivity index (χ0v) is 18.4. The predicted molar refractivity (Wildman–Crippen MR) is 115 cm³/mol. The first kappa shape index (κ1) is 24.5. The molecule has 1 saturated heterocycles. The predicted octanol–water partition coefficient (Wildman–Crippen LogP) is 6.27. The molecule has 1 aromatic carbocycles. The quantitative estimate of drug-likeness (QED) is 0.344. The smallest absolute Gasteiger partial charge is 0.341 e. The summed E-state index contributed by atoms with van der Waals surface area (Å²) in [6.07, 6.45) is 5.93. The van der Waals surface area contributed by atoms with Crippen molar-refractivity contribution in [3.05, 3.63) is 59.4 Å². The molecule has 1 heterocycles. The molecule has 176 valence electrons. The SMILES string of the molecule is C=CC1CCC(c2ccc(C(=O)OC3CCC(OC/C=C/C)CC3)c(F)c2C(F)F)CO1. The van der Waals surface area contributed by atoms with Crippen LogP contribution in [0.3, 0.4) is 0 Å². The van der Waals surface area contributed by atoms with Gasteiger partial charge in [-0.15, -0.1) is 6.58 Å². The minimum absolute atomic E-state index is 0.0982. The molecule has 0 amide bonds. The molecule has 3 rings (SSSR count). The van der Waals surface area contributed by atoms with Crippen LogP contribution in [-0.4, -0.2) is 37.5 Å². The molecule has 4 nitrogen and oxygen atoms in total. The Hall–Kier alpha value is -2.12. The lowest BCUT2D eigenvalue weighted by Crippen LogP contribution is -2.29. The van der Waals surface area contributed by atoms with Crippen molar-refractivity contribution >= 4 is 5.97 Å². The molecular formula is C25H31F3O4. The lowest BCUT2D eigenvalue weighted by Gasteiger charge is -2.29. The normalized spacial score (nSPS) is 26.4. The average Bonchev–Trinajstić information content (AvgIpc) is 2.80. The second-order valence-electron chi connectivity index (χ2n) is 8.32. The van der Waals surface area contributed by atoms with E-state index in [1.54, 1.807) is 6.08 Å². The number of rotatable bonds is 8. The molecule has 0 bridgehead atoms. The van der Waals surface area contributed by atoms with E-state index in [0.29, 0.717) is 32.3 Å². The molecular weight excluding hydrogens is 421 g/mol. The van der Waals surface area contributed by atoms with Gasteiger partial charge in [0.05, 0.1) is 36.5 Å². The Morgan fingerprint density at radius 3 is 2.50 bits per heavy atom. The summed E-state index contributed by atoms with van der Waals surface area (Å²) in [6, 6.07) is 2.67. The Morgan fingerprint density at radius 1 is 1.19 bits per heavy atom. The van der Waals surface area contributed by atoms with E-state index in [4.69, 9.17) is 14.2 Å². The molecule has 0 radical (unpaired) electrons. The largest absolute Gasteiger partial charge is 0.459 e. The maximum absolute atomic E-state index is 15.1. The van der Waals surface area contributed by atoms with Crippen molar-refractivity contribution in [3.8, 4) is 0 Å². The molecule has 2 aliphatic rings. The van der Waals surface area contributed by atoms with Crippen LogP contribution in [0.5, 0.6) is 0 Å². The van der Waals surface area contributed by atoms with Crippen molar-refractivity contribution in [1.29, 1.82) is 0 Å². The van der Waals surface area contributed by atoms with Gasteiger partial charge in [0.25, 0.3) is 6.43 Å². The molecule has 1 aromatic rings. The van der Waals surface area contributed by atoms with Crippen LogP contribution in [0.4, 0.5) is 13.2 Å². The van der Waals surface area contributed by atoms with Crippen molar-refractivity contribution in [2.45, 2.75) is 76.1 Å². The second-order valence-corrected chi connectivity index (χ2v) is 8.32. The summed E-state index contributed by atoms with van der Waals surface area (Å²) in [6.45, 7) is 6.35. The molecule has 2 atom stereocenters. The highest BCUT2D eigenvalue weighted by Gasteiger charge is 2.32. The molecule has 2 fully saturated rings. The van der Waals surface area contributed by atoms with Crippen LogP contribution in [-0.2, 0) is 14.2 Å². The molecule has 32 heavy (non-hydrogen) atoms. The summed E-state index contributed by atoms with van der Waals surface area (Å²) >= 11 is 0. The number of ether oxygens (including phenoxy) is 3. The number of allylic oxidation sites excluding steroid dienone is 1. The van der Waals surface area contributed by atoms with Crippen LogP contribution in [0.15, 0.2) is 36.9 Å². The zero-order valence-electron chi connectivity index (χ0n) is 18.4. The molecule has 0 N–H and O–H groups in total. The summed E-state index contributed by atoms with van der Waals surface area (Å²) in [4.78, 5) is 12.6. The van der Waals surface area contributed by atoms with E-state index in [1.165, 1.54) is 12.1 Å². The highest BCUT2D eigenvalue weighted by Crippen LogP contribution is 2.37. The highest BCUT2D eigenvalue weighted by atomic mass is 19.3. The van der Waals surface area contributed by atoms with Crippen molar-refractivity contribution in [2.75, 3.05) is 13.2 Å². The van der Waals surface area contributed by atoms with Gasteiger partial charge in [0.1, 0.15) is 11.9 Å². The monoisotopic (exact) mass is 452 g/mol. The first-order chi connectivity index (χ1) is 15.4. The number of carbonyl (C=O) groups is 1. The number of carbonyl (C=O) groups excluding carboxylic acids is 1. The van der Waals surface area contributed by atoms with E-state index in [0.717, 1.165) is 12.8 Å². The third kappa shape index (κ3) is 6.01. The zero-order chi connectivity index (χ0) is 23.1. The second kappa shape index (κ2) is 11.7. The Labute approximate surface area is 187 Å². The van der Waals surface area contributed by atoms with Gasteiger partial charge in [-0.2, -0.15) is 0 Å². The topological polar surface area (TPSA) is 44.8 Å². The first-order valence-electron chi connectivity index (χ1n) is 11.2. The Bertz CT molecular complexity index is 808. The van der Waals surface area contributed by atoms with E-state index in [-0.39, 0.29) is 36.4 Å². The minimum atomic E-state index is -3.04. The summed E-state index contributed by atoms with van der Waals surface area (Å²) < 4.78 is 59.4. The maximum Gasteiger partial charge on any atom is 0.341 e. The molecule has 1 aliphatic carbocycles. The van der Waals surface area contributed by atoms with Gasteiger partial charge in [-0.3, -0.25) is 0 Å². The van der Waals surface area contributed by atoms with Crippen LogP contribution in [0, 0.1) is 5.82 Å². The van der Waals surface area contributed by atoms with Gasteiger partial charge < -0.3 is 14.2 Å². The van der Waals surface area contributed by atoms with E-state index in [1.807, 2.05) is 19.1 Å². The highest BCUT2D eigenvalue weighted by molar-refractivity contribution is 5.90. The van der Waals surface area contributed by atoms with Crippen molar-refractivity contribution in [2.24, 2.45) is 0 Å². The van der Waals surface area contributed by atoms with Gasteiger partial charge in [0, 0.05) is 5.92 Å².